The highest BCUT2D eigenvalue weighted by Gasteiger charge is 2.74. The van der Waals surface area contributed by atoms with Gasteiger partial charge in [-0.15, -0.1) is 0 Å². The maximum Gasteiger partial charge on any atom is 0.320 e. The molecule has 4 heterocycles. The molecule has 5 bridgehead atoms. The number of carbonyl (C=O) groups excluding carboxylic acids is 5. The molecule has 1 aromatic carbocycles. The standard InChI is InChI=1S/C39H42N2O7/c1-3-5-7-8-9-11-15-25-20-31-38(23-32(43)41-19-18-24-14-12-13-16-28(24)41)22-27-33(36(45)40-35(27)44)34-26(25)21-30(29(42)17-10-6-4-2)47-39(31,34)48-37(38)46/h3-6,12-14,16,18-20,25-26,30,34H,7-11,15,17,21-23H2,1-2H3,(H,40,44,45)/b5-3+,6-4+/t25-,26+,30-,34-,38-,39-/m1/s1. The summed E-state index contributed by atoms with van der Waals surface area (Å²) in [6.45, 7) is 3.91. The lowest BCUT2D eigenvalue weighted by atomic mass is 9.59. The van der Waals surface area contributed by atoms with E-state index in [1.165, 1.54) is 4.57 Å². The van der Waals surface area contributed by atoms with Crippen LogP contribution in [0.3, 0.4) is 0 Å². The first kappa shape index (κ1) is 32.2. The van der Waals surface area contributed by atoms with Crippen LogP contribution in [0.25, 0.3) is 10.9 Å². The number of aromatic nitrogens is 1. The summed E-state index contributed by atoms with van der Waals surface area (Å²) in [6, 6.07) is 9.34. The van der Waals surface area contributed by atoms with Crippen molar-refractivity contribution in [1.82, 2.24) is 9.88 Å². The van der Waals surface area contributed by atoms with Gasteiger partial charge < -0.3 is 9.47 Å². The summed E-state index contributed by atoms with van der Waals surface area (Å²) >= 11 is 0. The zero-order valence-corrected chi connectivity index (χ0v) is 27.5. The van der Waals surface area contributed by atoms with Gasteiger partial charge in [0.05, 0.1) is 11.4 Å². The molecule has 9 heteroatoms. The van der Waals surface area contributed by atoms with Crippen LogP contribution < -0.4 is 5.32 Å². The molecule has 0 saturated carbocycles. The van der Waals surface area contributed by atoms with E-state index in [4.69, 9.17) is 9.47 Å². The van der Waals surface area contributed by atoms with E-state index in [0.717, 1.165) is 37.5 Å². The van der Waals surface area contributed by atoms with Crippen LogP contribution in [0.5, 0.6) is 0 Å². The molecule has 0 unspecified atom stereocenters. The van der Waals surface area contributed by atoms with Gasteiger partial charge in [-0.3, -0.25) is 33.9 Å². The normalized spacial score (nSPS) is 30.5. The molecule has 6 atom stereocenters. The zero-order valence-electron chi connectivity index (χ0n) is 27.5. The number of Topliss-reactive ketones (excluding diaryl/α,β-unsaturated/α-hetero) is 1. The molecule has 5 aliphatic rings. The second-order valence-electron chi connectivity index (χ2n) is 13.8. The number of benzene rings is 1. The maximum atomic E-state index is 14.4. The Morgan fingerprint density at radius 2 is 1.79 bits per heavy atom. The SMILES string of the molecule is C/C=C/CCCCC[C@@H]1C=C2[C@]3(CC(=O)n4ccc5ccccc54)CC4=C(C(=O)NC4=O)[C@H]4[C@H]1C[C@H](C(=O)CC/C=C/C)O[C@@]24OC3=O. The Bertz CT molecular complexity index is 1830. The molecule has 1 aromatic heterocycles. The smallest absolute Gasteiger partial charge is 0.320 e. The van der Waals surface area contributed by atoms with Gasteiger partial charge in [0.25, 0.3) is 11.8 Å². The van der Waals surface area contributed by atoms with Gasteiger partial charge in [-0.2, -0.15) is 0 Å². The van der Waals surface area contributed by atoms with Crippen molar-refractivity contribution in [2.75, 3.05) is 0 Å². The molecule has 1 N–H and O–H groups in total. The van der Waals surface area contributed by atoms with Gasteiger partial charge in [0.2, 0.25) is 11.7 Å². The van der Waals surface area contributed by atoms with Crippen LogP contribution >= 0.6 is 0 Å². The third-order valence-electron chi connectivity index (χ3n) is 11.1. The van der Waals surface area contributed by atoms with Crippen LogP contribution in [-0.4, -0.2) is 45.9 Å². The van der Waals surface area contributed by atoms with E-state index >= 15 is 0 Å². The van der Waals surface area contributed by atoms with Crippen LogP contribution in [0.15, 0.2) is 83.6 Å². The topological polar surface area (TPSA) is 121 Å². The first-order valence-corrected chi connectivity index (χ1v) is 17.3. The van der Waals surface area contributed by atoms with Crippen molar-refractivity contribution in [2.45, 2.75) is 89.9 Å². The number of carbonyl (C=O) groups is 5. The van der Waals surface area contributed by atoms with E-state index in [1.807, 2.05) is 56.3 Å². The molecule has 2 aliphatic carbocycles. The zero-order chi connectivity index (χ0) is 33.6. The Labute approximate surface area is 280 Å². The Morgan fingerprint density at radius 3 is 2.60 bits per heavy atom. The number of rotatable bonds is 12. The first-order valence-electron chi connectivity index (χ1n) is 17.3. The number of unbranched alkanes of at least 4 members (excludes halogenated alkanes) is 3. The predicted molar refractivity (Wildman–Crippen MR) is 178 cm³/mol. The van der Waals surface area contributed by atoms with Crippen LogP contribution in [-0.2, 0) is 28.7 Å². The molecule has 3 aliphatic heterocycles. The number of esters is 1. The minimum Gasteiger partial charge on any atom is -0.427 e. The van der Waals surface area contributed by atoms with Gasteiger partial charge in [0, 0.05) is 41.1 Å². The Hall–Kier alpha value is -4.37. The van der Waals surface area contributed by atoms with Gasteiger partial charge in [-0.25, -0.2) is 0 Å². The molecule has 1 spiro atoms. The summed E-state index contributed by atoms with van der Waals surface area (Å²) in [5.41, 5.74) is 0.116. The number of allylic oxidation sites excluding steroid dienone is 5. The minimum atomic E-state index is -1.75. The van der Waals surface area contributed by atoms with E-state index < -0.39 is 41.0 Å². The molecule has 250 valence electrons. The lowest BCUT2D eigenvalue weighted by molar-refractivity contribution is -0.268. The number of fused-ring (bicyclic) bond motifs is 1. The van der Waals surface area contributed by atoms with Crippen LogP contribution in [0.1, 0.15) is 82.9 Å². The van der Waals surface area contributed by atoms with Gasteiger partial charge in [-0.05, 0) is 76.3 Å². The Balaban J connectivity index is 1.34. The van der Waals surface area contributed by atoms with Crippen molar-refractivity contribution in [3.63, 3.8) is 0 Å². The molecule has 2 fully saturated rings. The summed E-state index contributed by atoms with van der Waals surface area (Å²) in [6.07, 6.45) is 16.4. The molecule has 2 amide bonds. The number of ether oxygens (including phenoxy) is 2. The fourth-order valence-electron chi connectivity index (χ4n) is 8.88. The molecule has 9 nitrogen and oxygen atoms in total. The summed E-state index contributed by atoms with van der Waals surface area (Å²) in [5, 5.41) is 3.35. The van der Waals surface area contributed by atoms with Crippen LogP contribution in [0.4, 0.5) is 0 Å². The van der Waals surface area contributed by atoms with Crippen molar-refractivity contribution in [2.24, 2.45) is 23.2 Å². The van der Waals surface area contributed by atoms with E-state index in [-0.39, 0.29) is 53.9 Å². The second kappa shape index (κ2) is 12.6. The molecule has 2 aromatic rings. The second-order valence-corrected chi connectivity index (χ2v) is 13.8. The van der Waals surface area contributed by atoms with Crippen molar-refractivity contribution in [3.8, 4) is 0 Å². The number of amides is 2. The average molecular weight is 651 g/mol. The van der Waals surface area contributed by atoms with Crippen molar-refractivity contribution >= 4 is 40.4 Å². The molecule has 2 saturated heterocycles. The predicted octanol–water partition coefficient (Wildman–Crippen LogP) is 6.30. The summed E-state index contributed by atoms with van der Waals surface area (Å²) in [4.78, 5) is 69.4. The van der Waals surface area contributed by atoms with Crippen molar-refractivity contribution in [3.05, 3.63) is 83.6 Å². The van der Waals surface area contributed by atoms with Crippen molar-refractivity contribution < 1.29 is 33.4 Å². The fraction of sp³-hybridized carbons (Fsp3) is 0.462. The number of ketones is 1. The third kappa shape index (κ3) is 5.05. The van der Waals surface area contributed by atoms with E-state index in [1.54, 1.807) is 6.20 Å². The maximum absolute atomic E-state index is 14.4. The highest BCUT2D eigenvalue weighted by atomic mass is 16.7. The largest absolute Gasteiger partial charge is 0.427 e. The molecular weight excluding hydrogens is 608 g/mol. The lowest BCUT2D eigenvalue weighted by Gasteiger charge is -2.52. The third-order valence-corrected chi connectivity index (χ3v) is 11.1. The Kier molecular flexibility index (Phi) is 8.44. The van der Waals surface area contributed by atoms with Gasteiger partial charge in [0.1, 0.15) is 11.5 Å². The van der Waals surface area contributed by atoms with Crippen LogP contribution in [0, 0.1) is 23.2 Å². The summed E-state index contributed by atoms with van der Waals surface area (Å²) in [7, 11) is 0. The number of imide groups is 1. The van der Waals surface area contributed by atoms with Crippen molar-refractivity contribution in [1.29, 1.82) is 0 Å². The van der Waals surface area contributed by atoms with Crippen LogP contribution in [0.2, 0.25) is 0 Å². The lowest BCUT2D eigenvalue weighted by Crippen LogP contribution is -2.59. The van der Waals surface area contributed by atoms with E-state index in [2.05, 4.69) is 23.5 Å². The first-order chi connectivity index (χ1) is 23.2. The number of para-hydroxylation sites is 1. The van der Waals surface area contributed by atoms with Gasteiger partial charge >= 0.3 is 5.97 Å². The molecule has 0 radical (unpaired) electrons. The fourth-order valence-corrected chi connectivity index (χ4v) is 8.88. The summed E-state index contributed by atoms with van der Waals surface area (Å²) in [5.74, 6) is -5.05. The number of hydrogen-bond acceptors (Lipinski definition) is 7. The monoisotopic (exact) mass is 650 g/mol. The Morgan fingerprint density at radius 1 is 1.00 bits per heavy atom. The highest BCUT2D eigenvalue weighted by molar-refractivity contribution is 6.20. The molecule has 48 heavy (non-hydrogen) atoms. The quantitative estimate of drug-likeness (QED) is 0.124. The minimum absolute atomic E-state index is 0.0916. The number of hydrogen-bond donors (Lipinski definition) is 1. The van der Waals surface area contributed by atoms with Gasteiger partial charge in [-0.1, -0.05) is 61.4 Å². The van der Waals surface area contributed by atoms with E-state index in [9.17, 15) is 24.0 Å². The number of nitrogens with one attached hydrogen (secondary N) is 1. The molecular formula is C39H42N2O7. The van der Waals surface area contributed by atoms with E-state index in [0.29, 0.717) is 23.9 Å². The van der Waals surface area contributed by atoms with Gasteiger partial charge in [0.15, 0.2) is 5.78 Å². The number of nitrogens with zero attached hydrogens (tertiary/aromatic N) is 1. The molecule has 7 rings (SSSR count). The summed E-state index contributed by atoms with van der Waals surface area (Å²) < 4.78 is 14.5. The average Bonchev–Trinajstić information content (AvgIpc) is 3.66. The highest BCUT2D eigenvalue weighted by Crippen LogP contribution is 2.67.